The first kappa shape index (κ1) is 24.8. The molecule has 2 aromatic carbocycles. The summed E-state index contributed by atoms with van der Waals surface area (Å²) in [5, 5.41) is 5.47. The highest BCUT2D eigenvalue weighted by atomic mass is 19.1. The van der Waals surface area contributed by atoms with Crippen LogP contribution in [0.5, 0.6) is 0 Å². The van der Waals surface area contributed by atoms with Gasteiger partial charge in [0.1, 0.15) is 5.82 Å². The molecule has 0 saturated carbocycles. The molecule has 0 bridgehead atoms. The number of carbonyl (C=O) groups excluding carboxylic acids is 1. The van der Waals surface area contributed by atoms with E-state index in [2.05, 4.69) is 66.1 Å². The van der Waals surface area contributed by atoms with Crippen LogP contribution in [-0.2, 0) is 0 Å². The Hall–Kier alpha value is -3.54. The molecule has 4 aliphatic rings. The topological polar surface area (TPSA) is 47.6 Å². The van der Waals surface area contributed by atoms with E-state index in [0.29, 0.717) is 11.8 Å². The summed E-state index contributed by atoms with van der Waals surface area (Å²) in [4.78, 5) is 15.3. The van der Waals surface area contributed by atoms with Crippen molar-refractivity contribution in [3.05, 3.63) is 101 Å². The lowest BCUT2D eigenvalue weighted by molar-refractivity contribution is 0.165. The second-order valence-corrected chi connectivity index (χ2v) is 11.3. The third kappa shape index (κ3) is 4.72. The number of hydrogen-bond donors (Lipinski definition) is 2. The van der Waals surface area contributed by atoms with Crippen molar-refractivity contribution in [1.29, 1.82) is 0 Å². The Morgan fingerprint density at radius 2 is 1.89 bits per heavy atom. The van der Waals surface area contributed by atoms with Crippen LogP contribution in [0.25, 0.3) is 0 Å². The highest BCUT2D eigenvalue weighted by Gasteiger charge is 2.39. The molecule has 6 heteroatoms. The maximum Gasteiger partial charge on any atom is 0.317 e. The van der Waals surface area contributed by atoms with E-state index in [1.807, 2.05) is 23.1 Å². The molecule has 0 spiro atoms. The summed E-state index contributed by atoms with van der Waals surface area (Å²) in [5.74, 6) is 1.01. The molecule has 38 heavy (non-hydrogen) atoms. The van der Waals surface area contributed by atoms with Crippen LogP contribution in [0.2, 0.25) is 0 Å². The highest BCUT2D eigenvalue weighted by Crippen LogP contribution is 2.49. The summed E-state index contributed by atoms with van der Waals surface area (Å²) in [5.41, 5.74) is 10.8. The third-order valence-electron chi connectivity index (χ3n) is 8.75. The Morgan fingerprint density at radius 1 is 1.11 bits per heavy atom. The van der Waals surface area contributed by atoms with Gasteiger partial charge in [-0.3, -0.25) is 5.01 Å². The molecule has 2 unspecified atom stereocenters. The van der Waals surface area contributed by atoms with Crippen molar-refractivity contribution in [3.8, 4) is 0 Å². The van der Waals surface area contributed by atoms with Gasteiger partial charge in [-0.2, -0.15) is 0 Å². The SMILES string of the molecule is CC1CCCN(C(=O)NC(C[C@H]2CCC3=C2[C@@H](C)C2=CNN(c4ccc(F)cc4)C2=C3)c2ccccc2)C1. The summed E-state index contributed by atoms with van der Waals surface area (Å²) in [6, 6.07) is 17.1. The zero-order valence-electron chi connectivity index (χ0n) is 22.3. The Bertz CT molecular complexity index is 1280. The maximum atomic E-state index is 13.5. The number of nitrogens with one attached hydrogen (secondary N) is 2. The number of carbonyl (C=O) groups is 1. The first-order valence-electron chi connectivity index (χ1n) is 14.0. The Labute approximate surface area is 225 Å². The molecule has 1 saturated heterocycles. The van der Waals surface area contributed by atoms with E-state index in [1.165, 1.54) is 40.8 Å². The van der Waals surface area contributed by atoms with Gasteiger partial charge in [0.15, 0.2) is 0 Å². The van der Waals surface area contributed by atoms with Gasteiger partial charge in [0.2, 0.25) is 0 Å². The molecule has 2 aliphatic carbocycles. The van der Waals surface area contributed by atoms with Crippen LogP contribution in [0.4, 0.5) is 14.9 Å². The summed E-state index contributed by atoms with van der Waals surface area (Å²) in [7, 11) is 0. The van der Waals surface area contributed by atoms with E-state index < -0.39 is 0 Å². The number of allylic oxidation sites excluding steroid dienone is 4. The molecule has 0 radical (unpaired) electrons. The number of amides is 2. The molecule has 2 amide bonds. The Balaban J connectivity index is 1.24. The van der Waals surface area contributed by atoms with Gasteiger partial charge < -0.3 is 15.6 Å². The lowest BCUT2D eigenvalue weighted by Crippen LogP contribution is -2.46. The number of fused-ring (bicyclic) bond motifs is 1. The van der Waals surface area contributed by atoms with Crippen LogP contribution in [0.1, 0.15) is 57.6 Å². The van der Waals surface area contributed by atoms with Gasteiger partial charge in [0.25, 0.3) is 0 Å². The van der Waals surface area contributed by atoms with E-state index >= 15 is 0 Å². The monoisotopic (exact) mass is 512 g/mol. The number of likely N-dealkylation sites (tertiary alicyclic amines) is 1. The average Bonchev–Trinajstić information content (AvgIpc) is 3.54. The summed E-state index contributed by atoms with van der Waals surface area (Å²) < 4.78 is 13.5. The number of rotatable bonds is 5. The maximum absolute atomic E-state index is 13.5. The second kappa shape index (κ2) is 10.3. The molecule has 2 aromatic rings. The largest absolute Gasteiger partial charge is 0.331 e. The van der Waals surface area contributed by atoms with Crippen molar-refractivity contribution in [2.45, 2.75) is 52.0 Å². The minimum atomic E-state index is -0.231. The zero-order chi connectivity index (χ0) is 26.2. The molecule has 2 N–H and O–H groups in total. The fourth-order valence-electron chi connectivity index (χ4n) is 6.82. The van der Waals surface area contributed by atoms with Crippen LogP contribution in [0.15, 0.2) is 89.3 Å². The van der Waals surface area contributed by atoms with E-state index in [4.69, 9.17) is 0 Å². The molecule has 6 rings (SSSR count). The van der Waals surface area contributed by atoms with Gasteiger partial charge in [-0.05, 0) is 85.4 Å². The van der Waals surface area contributed by atoms with E-state index in [-0.39, 0.29) is 23.8 Å². The van der Waals surface area contributed by atoms with Gasteiger partial charge >= 0.3 is 6.03 Å². The fourth-order valence-corrected chi connectivity index (χ4v) is 6.82. The molecule has 2 aliphatic heterocycles. The molecule has 4 atom stereocenters. The standard InChI is InChI=1S/C32H37FN4O/c1-21-7-6-16-36(20-21)32(38)35-29(23-8-4-3-5-9-23)17-24-10-11-25-18-30-28(22(2)31(24)25)19-34-37(30)27-14-12-26(33)13-15-27/h3-5,8-9,12-15,18-19,21-22,24,29,34H,6-7,10-11,16-17,20H2,1-2H3,(H,35,38)/t21?,22-,24+,29?/m0/s1. The number of nitrogens with zero attached hydrogens (tertiary/aromatic N) is 2. The molecule has 2 heterocycles. The van der Waals surface area contributed by atoms with Crippen LogP contribution in [-0.4, -0.2) is 24.0 Å². The molecule has 1 fully saturated rings. The number of benzene rings is 2. The molecule has 5 nitrogen and oxygen atoms in total. The minimum Gasteiger partial charge on any atom is -0.331 e. The van der Waals surface area contributed by atoms with Crippen molar-refractivity contribution in [3.63, 3.8) is 0 Å². The van der Waals surface area contributed by atoms with Crippen molar-refractivity contribution >= 4 is 11.7 Å². The lowest BCUT2D eigenvalue weighted by atomic mass is 9.78. The lowest BCUT2D eigenvalue weighted by Gasteiger charge is -2.34. The molecular formula is C32H37FN4O. The van der Waals surface area contributed by atoms with Crippen LogP contribution in [0, 0.1) is 23.6 Å². The number of urea groups is 1. The van der Waals surface area contributed by atoms with Crippen molar-refractivity contribution < 1.29 is 9.18 Å². The Morgan fingerprint density at radius 3 is 2.66 bits per heavy atom. The van der Waals surface area contributed by atoms with Gasteiger partial charge in [-0.1, -0.05) is 49.8 Å². The second-order valence-electron chi connectivity index (χ2n) is 11.3. The number of hydrazine groups is 1. The highest BCUT2D eigenvalue weighted by molar-refractivity contribution is 5.75. The zero-order valence-corrected chi connectivity index (χ0v) is 22.3. The number of anilines is 1. The van der Waals surface area contributed by atoms with Crippen molar-refractivity contribution in [2.24, 2.45) is 17.8 Å². The summed E-state index contributed by atoms with van der Waals surface area (Å²) >= 11 is 0. The van der Waals surface area contributed by atoms with E-state index in [9.17, 15) is 9.18 Å². The predicted octanol–water partition coefficient (Wildman–Crippen LogP) is 6.85. The van der Waals surface area contributed by atoms with Gasteiger partial charge in [-0.15, -0.1) is 0 Å². The quantitative estimate of drug-likeness (QED) is 0.461. The third-order valence-corrected chi connectivity index (χ3v) is 8.75. The first-order chi connectivity index (χ1) is 18.5. The van der Waals surface area contributed by atoms with Crippen LogP contribution in [0.3, 0.4) is 0 Å². The van der Waals surface area contributed by atoms with Crippen molar-refractivity contribution in [1.82, 2.24) is 15.6 Å². The summed E-state index contributed by atoms with van der Waals surface area (Å²) in [6.45, 7) is 6.21. The molecule has 198 valence electrons. The van der Waals surface area contributed by atoms with Crippen LogP contribution >= 0.6 is 0 Å². The van der Waals surface area contributed by atoms with Gasteiger partial charge in [0, 0.05) is 30.8 Å². The fraction of sp³-hybridized carbons (Fsp3) is 0.406. The van der Waals surface area contributed by atoms with Crippen molar-refractivity contribution in [2.75, 3.05) is 18.1 Å². The van der Waals surface area contributed by atoms with Gasteiger partial charge in [0.05, 0.1) is 17.4 Å². The summed E-state index contributed by atoms with van der Waals surface area (Å²) in [6.07, 6.45) is 9.71. The van der Waals surface area contributed by atoms with E-state index in [1.54, 1.807) is 0 Å². The molecule has 0 aromatic heterocycles. The number of piperidine rings is 1. The normalized spacial score (nSPS) is 25.3. The molecular weight excluding hydrogens is 475 g/mol. The minimum absolute atomic E-state index is 0.0262. The van der Waals surface area contributed by atoms with E-state index in [0.717, 1.165) is 50.2 Å². The number of halogens is 1. The van der Waals surface area contributed by atoms with Crippen LogP contribution < -0.4 is 15.8 Å². The number of hydrogen-bond acceptors (Lipinski definition) is 3. The van der Waals surface area contributed by atoms with Gasteiger partial charge in [-0.25, -0.2) is 9.18 Å². The average molecular weight is 513 g/mol. The Kier molecular flexibility index (Phi) is 6.73. The first-order valence-corrected chi connectivity index (χ1v) is 14.0. The predicted molar refractivity (Wildman–Crippen MR) is 149 cm³/mol. The smallest absolute Gasteiger partial charge is 0.317 e.